The molecule has 0 saturated carbocycles. The van der Waals surface area contributed by atoms with Crippen LogP contribution in [-0.4, -0.2) is 73.8 Å². The van der Waals surface area contributed by atoms with Crippen molar-refractivity contribution in [2.24, 2.45) is 0 Å². The van der Waals surface area contributed by atoms with Crippen LogP contribution in [0.5, 0.6) is 0 Å². The fraction of sp³-hybridized carbons (Fsp3) is 0.724. The van der Waals surface area contributed by atoms with Crippen molar-refractivity contribution >= 4 is 31.3 Å². The summed E-state index contributed by atoms with van der Waals surface area (Å²) < 4.78 is 12.9. The van der Waals surface area contributed by atoms with E-state index >= 15 is 0 Å². The fourth-order valence-electron chi connectivity index (χ4n) is 5.36. The molecule has 2 aliphatic heterocycles. The van der Waals surface area contributed by atoms with Crippen molar-refractivity contribution in [3.63, 3.8) is 0 Å². The number of esters is 1. The first kappa shape index (κ1) is 29.2. The van der Waals surface area contributed by atoms with Gasteiger partial charge in [0.05, 0.1) is 0 Å². The molecule has 2 aliphatic rings. The molecule has 0 spiro atoms. The van der Waals surface area contributed by atoms with Crippen LogP contribution in [0.4, 0.5) is 0 Å². The summed E-state index contributed by atoms with van der Waals surface area (Å²) in [7, 11) is 0. The minimum absolute atomic E-state index is 0.0293. The number of benzene rings is 1. The average Bonchev–Trinajstić information content (AvgIpc) is 3.38. The molecule has 5 unspecified atom stereocenters. The van der Waals surface area contributed by atoms with E-state index in [2.05, 4.69) is 13.8 Å². The van der Waals surface area contributed by atoms with Crippen LogP contribution in [0.1, 0.15) is 102 Å². The molecular formula is C29H45NO5Se. The molecule has 0 bridgehead atoms. The van der Waals surface area contributed by atoms with Gasteiger partial charge < -0.3 is 0 Å². The Morgan fingerprint density at radius 3 is 2.58 bits per heavy atom. The van der Waals surface area contributed by atoms with Gasteiger partial charge in [0.2, 0.25) is 0 Å². The third-order valence-electron chi connectivity index (χ3n) is 7.45. The molecule has 202 valence electrons. The van der Waals surface area contributed by atoms with Crippen molar-refractivity contribution in [2.45, 2.75) is 121 Å². The number of hydrogen-bond donors (Lipinski definition) is 1. The van der Waals surface area contributed by atoms with Crippen molar-refractivity contribution in [3.8, 4) is 0 Å². The molecule has 1 aromatic rings. The van der Waals surface area contributed by atoms with Gasteiger partial charge in [-0.2, -0.15) is 0 Å². The van der Waals surface area contributed by atoms with Crippen molar-refractivity contribution < 1.29 is 24.2 Å². The monoisotopic (exact) mass is 567 g/mol. The number of carbonyl (C=O) groups is 2. The molecular weight excluding hydrogens is 521 g/mol. The Morgan fingerprint density at radius 2 is 1.92 bits per heavy atom. The van der Waals surface area contributed by atoms with Crippen LogP contribution < -0.4 is 4.46 Å². The number of fused-ring (bicyclic) bond motifs is 1. The second-order valence-electron chi connectivity index (χ2n) is 10.6. The molecule has 5 atom stereocenters. The minimum atomic E-state index is -0.728. The first-order valence-corrected chi connectivity index (χ1v) is 15.7. The SMILES string of the molecule is CCCCCCC(C)(O)CCN1C(=O)CC2OC(C(CCC)[Se]c3ccc(C(=O)OCC)cc3)CC21. The van der Waals surface area contributed by atoms with E-state index in [1.165, 1.54) is 17.3 Å². The van der Waals surface area contributed by atoms with Crippen molar-refractivity contribution in [3.05, 3.63) is 29.8 Å². The first-order chi connectivity index (χ1) is 17.3. The molecule has 0 aliphatic carbocycles. The Morgan fingerprint density at radius 1 is 1.17 bits per heavy atom. The molecule has 3 rings (SSSR count). The number of hydrogen-bond acceptors (Lipinski definition) is 5. The number of nitrogens with zero attached hydrogens (tertiary/aromatic N) is 1. The number of carbonyl (C=O) groups excluding carboxylic acids is 2. The second kappa shape index (κ2) is 13.9. The summed E-state index contributed by atoms with van der Waals surface area (Å²) in [5.41, 5.74) is -0.139. The number of aliphatic hydroxyl groups is 1. The van der Waals surface area contributed by atoms with Gasteiger partial charge in [0.15, 0.2) is 0 Å². The number of rotatable bonds is 15. The van der Waals surface area contributed by atoms with E-state index in [-0.39, 0.29) is 45.1 Å². The van der Waals surface area contributed by atoms with Crippen LogP contribution in [0, 0.1) is 0 Å². The predicted molar refractivity (Wildman–Crippen MR) is 144 cm³/mol. The third-order valence-corrected chi connectivity index (χ3v) is 10.4. The summed E-state index contributed by atoms with van der Waals surface area (Å²) in [6, 6.07) is 7.93. The standard InChI is InChI=1S/C29H45NO5Se/c1-5-8-9-10-16-29(4,33)17-18-30-23-19-25(35-24(23)20-27(30)31)26(11-6-2)36-22-14-12-21(13-15-22)28(32)34-7-3/h12-15,23-26,33H,5-11,16-20H2,1-4H3. The Balaban J connectivity index is 1.57. The van der Waals surface area contributed by atoms with Crippen LogP contribution in [0.2, 0.25) is 4.82 Å². The second-order valence-corrected chi connectivity index (χ2v) is 13.3. The van der Waals surface area contributed by atoms with E-state index in [1.54, 1.807) is 0 Å². The number of unbranched alkanes of at least 4 members (excludes halogenated alkanes) is 3. The van der Waals surface area contributed by atoms with Gasteiger partial charge in [0.25, 0.3) is 0 Å². The quantitative estimate of drug-likeness (QED) is 0.190. The van der Waals surface area contributed by atoms with E-state index in [4.69, 9.17) is 9.47 Å². The Labute approximate surface area is 223 Å². The van der Waals surface area contributed by atoms with Gasteiger partial charge in [-0.3, -0.25) is 0 Å². The zero-order valence-corrected chi connectivity index (χ0v) is 24.3. The Hall–Kier alpha value is -1.40. The molecule has 2 fully saturated rings. The molecule has 6 nitrogen and oxygen atoms in total. The molecule has 0 aromatic heterocycles. The topological polar surface area (TPSA) is 76.1 Å². The number of ether oxygens (including phenoxy) is 2. The van der Waals surface area contributed by atoms with Crippen molar-refractivity contribution in [1.29, 1.82) is 0 Å². The summed E-state index contributed by atoms with van der Waals surface area (Å²) >= 11 is 0.212. The van der Waals surface area contributed by atoms with E-state index in [0.29, 0.717) is 36.4 Å². The van der Waals surface area contributed by atoms with E-state index in [0.717, 1.165) is 38.5 Å². The van der Waals surface area contributed by atoms with Crippen LogP contribution in [0.25, 0.3) is 0 Å². The maximum atomic E-state index is 12.8. The van der Waals surface area contributed by atoms with E-state index in [1.807, 2.05) is 43.0 Å². The third kappa shape index (κ3) is 8.05. The van der Waals surface area contributed by atoms with Gasteiger partial charge in [0.1, 0.15) is 0 Å². The molecule has 1 N–H and O–H groups in total. The van der Waals surface area contributed by atoms with Gasteiger partial charge in [-0.05, 0) is 0 Å². The molecule has 0 radical (unpaired) electrons. The summed E-state index contributed by atoms with van der Waals surface area (Å²) in [4.78, 5) is 27.2. The molecule has 1 aromatic carbocycles. The van der Waals surface area contributed by atoms with E-state index < -0.39 is 5.60 Å². The summed E-state index contributed by atoms with van der Waals surface area (Å²) in [5, 5.41) is 10.9. The first-order valence-electron chi connectivity index (χ1n) is 13.9. The molecule has 36 heavy (non-hydrogen) atoms. The summed E-state index contributed by atoms with van der Waals surface area (Å²) in [6.45, 7) is 9.11. The fourth-order valence-corrected chi connectivity index (χ4v) is 8.14. The summed E-state index contributed by atoms with van der Waals surface area (Å²) in [5.74, 6) is -0.115. The summed E-state index contributed by atoms with van der Waals surface area (Å²) in [6.07, 6.45) is 9.63. The predicted octanol–water partition coefficient (Wildman–Crippen LogP) is 4.65. The van der Waals surface area contributed by atoms with Crippen LogP contribution in [-0.2, 0) is 14.3 Å². The van der Waals surface area contributed by atoms with Gasteiger partial charge in [-0.25, -0.2) is 0 Å². The zero-order valence-electron chi connectivity index (χ0n) is 22.5. The Kier molecular flexibility index (Phi) is 11.3. The zero-order chi connectivity index (χ0) is 26.1. The van der Waals surface area contributed by atoms with Gasteiger partial charge in [-0.1, -0.05) is 13.3 Å². The average molecular weight is 567 g/mol. The molecule has 2 heterocycles. The van der Waals surface area contributed by atoms with Crippen LogP contribution >= 0.6 is 0 Å². The van der Waals surface area contributed by atoms with Gasteiger partial charge >= 0.3 is 211 Å². The Bertz CT molecular complexity index is 843. The van der Waals surface area contributed by atoms with E-state index in [9.17, 15) is 14.7 Å². The maximum absolute atomic E-state index is 12.8. The van der Waals surface area contributed by atoms with Crippen molar-refractivity contribution in [1.82, 2.24) is 4.90 Å². The molecule has 1 amide bonds. The van der Waals surface area contributed by atoms with Gasteiger partial charge in [-0.15, -0.1) is 0 Å². The van der Waals surface area contributed by atoms with Gasteiger partial charge in [0, 0.05) is 0 Å². The molecule has 7 heteroatoms. The normalized spacial score (nSPS) is 24.0. The molecule has 2 saturated heterocycles. The van der Waals surface area contributed by atoms with Crippen LogP contribution in [0.3, 0.4) is 0 Å². The van der Waals surface area contributed by atoms with Crippen LogP contribution in [0.15, 0.2) is 24.3 Å². The van der Waals surface area contributed by atoms with Crippen molar-refractivity contribution in [2.75, 3.05) is 13.2 Å². The number of likely N-dealkylation sites (tertiary alicyclic amines) is 1. The number of amides is 1.